The highest BCUT2D eigenvalue weighted by molar-refractivity contribution is 6.03. The van der Waals surface area contributed by atoms with Crippen LogP contribution in [0.4, 0.5) is 0 Å². The predicted octanol–water partition coefficient (Wildman–Crippen LogP) is 1.80. The lowest BCUT2D eigenvalue weighted by atomic mass is 9.92. The van der Waals surface area contributed by atoms with Gasteiger partial charge >= 0.3 is 0 Å². The number of ketones is 2. The quantitative estimate of drug-likeness (QED) is 0.831. The Balaban J connectivity index is 2.58. The molecule has 0 saturated carbocycles. The molecule has 0 aliphatic carbocycles. The number of benzene rings is 1. The van der Waals surface area contributed by atoms with Gasteiger partial charge in [0.15, 0.2) is 17.5 Å². The minimum absolute atomic E-state index is 0.131. The van der Waals surface area contributed by atoms with Crippen LogP contribution in [0.2, 0.25) is 0 Å². The van der Waals surface area contributed by atoms with Gasteiger partial charge in [0.25, 0.3) is 0 Å². The smallest absolute Gasteiger partial charge is 0.192 e. The third-order valence-electron chi connectivity index (χ3n) is 4.03. The molecule has 0 aromatic heterocycles. The van der Waals surface area contributed by atoms with Gasteiger partial charge in [0.05, 0.1) is 11.8 Å². The van der Waals surface area contributed by atoms with E-state index in [-0.39, 0.29) is 17.6 Å². The second-order valence-corrected chi connectivity index (χ2v) is 5.59. The molecule has 6 nitrogen and oxygen atoms in total. The molecule has 2 rings (SSSR count). The molecule has 1 aromatic rings. The Bertz CT molecular complexity index is 661. The number of aliphatic imine (C=N–C) groups is 1. The SMILES string of the molecule is CC(=O)c1cc(C(C)=O)cc(C2N=C(N)N(C)C(C)C2=N)c1. The van der Waals surface area contributed by atoms with Gasteiger partial charge in [-0.05, 0) is 44.5 Å². The van der Waals surface area contributed by atoms with E-state index in [1.165, 1.54) is 13.8 Å². The molecule has 2 unspecified atom stereocenters. The van der Waals surface area contributed by atoms with Crippen LogP contribution in [0.15, 0.2) is 23.2 Å². The largest absolute Gasteiger partial charge is 0.370 e. The van der Waals surface area contributed by atoms with Crippen molar-refractivity contribution >= 4 is 23.2 Å². The Morgan fingerprint density at radius 3 is 2.14 bits per heavy atom. The number of Topliss-reactive ketones (excluding diaryl/α,β-unsaturated/α-hetero) is 2. The first-order valence-corrected chi connectivity index (χ1v) is 7.03. The highest BCUT2D eigenvalue weighted by Gasteiger charge is 2.30. The van der Waals surface area contributed by atoms with Crippen molar-refractivity contribution in [2.75, 3.05) is 7.05 Å². The van der Waals surface area contributed by atoms with E-state index in [1.807, 2.05) is 6.92 Å². The molecule has 1 aliphatic rings. The summed E-state index contributed by atoms with van der Waals surface area (Å²) in [5.41, 5.74) is 7.81. The summed E-state index contributed by atoms with van der Waals surface area (Å²) in [6, 6.07) is 4.18. The Morgan fingerprint density at radius 2 is 1.68 bits per heavy atom. The summed E-state index contributed by atoms with van der Waals surface area (Å²) in [7, 11) is 1.78. The molecule has 116 valence electrons. The van der Waals surface area contributed by atoms with E-state index in [4.69, 9.17) is 11.1 Å². The zero-order valence-electron chi connectivity index (χ0n) is 13.2. The average molecular weight is 300 g/mol. The number of carbonyl (C=O) groups is 2. The number of nitrogens with zero attached hydrogens (tertiary/aromatic N) is 2. The van der Waals surface area contributed by atoms with Gasteiger partial charge in [0.2, 0.25) is 0 Å². The van der Waals surface area contributed by atoms with Crippen LogP contribution in [-0.2, 0) is 0 Å². The molecule has 0 saturated heterocycles. The molecular formula is C16H20N4O2. The summed E-state index contributed by atoms with van der Waals surface area (Å²) in [6.07, 6.45) is 0. The van der Waals surface area contributed by atoms with Crippen LogP contribution >= 0.6 is 0 Å². The first-order chi connectivity index (χ1) is 10.2. The number of carbonyl (C=O) groups excluding carboxylic acids is 2. The topological polar surface area (TPSA) is 99.6 Å². The molecule has 22 heavy (non-hydrogen) atoms. The first-order valence-electron chi connectivity index (χ1n) is 7.03. The van der Waals surface area contributed by atoms with Gasteiger partial charge in [-0.25, -0.2) is 4.99 Å². The summed E-state index contributed by atoms with van der Waals surface area (Å²) >= 11 is 0. The van der Waals surface area contributed by atoms with Gasteiger partial charge in [0.1, 0.15) is 6.04 Å². The number of nitrogens with one attached hydrogen (secondary N) is 1. The van der Waals surface area contributed by atoms with Gasteiger partial charge in [-0.3, -0.25) is 9.59 Å². The zero-order chi connectivity index (χ0) is 16.6. The highest BCUT2D eigenvalue weighted by Crippen LogP contribution is 2.27. The number of hydrogen-bond donors (Lipinski definition) is 2. The summed E-state index contributed by atoms with van der Waals surface area (Å²) in [4.78, 5) is 29.4. The molecular weight excluding hydrogens is 280 g/mol. The number of hydrogen-bond acceptors (Lipinski definition) is 6. The Hall–Kier alpha value is -2.50. The van der Waals surface area contributed by atoms with Crippen LogP contribution in [0, 0.1) is 5.41 Å². The fourth-order valence-electron chi connectivity index (χ4n) is 2.40. The molecule has 1 aliphatic heterocycles. The van der Waals surface area contributed by atoms with Crippen molar-refractivity contribution in [2.45, 2.75) is 32.9 Å². The van der Waals surface area contributed by atoms with Gasteiger partial charge < -0.3 is 16.0 Å². The predicted molar refractivity (Wildman–Crippen MR) is 85.8 cm³/mol. The zero-order valence-corrected chi connectivity index (χ0v) is 13.2. The lowest BCUT2D eigenvalue weighted by Crippen LogP contribution is -2.49. The summed E-state index contributed by atoms with van der Waals surface area (Å²) < 4.78 is 0. The van der Waals surface area contributed by atoms with E-state index in [2.05, 4.69) is 4.99 Å². The van der Waals surface area contributed by atoms with Gasteiger partial charge in [-0.1, -0.05) is 0 Å². The van der Waals surface area contributed by atoms with Gasteiger partial charge in [-0.2, -0.15) is 0 Å². The van der Waals surface area contributed by atoms with Crippen LogP contribution in [0.1, 0.15) is 53.1 Å². The minimum Gasteiger partial charge on any atom is -0.370 e. The van der Waals surface area contributed by atoms with Gasteiger partial charge in [-0.15, -0.1) is 0 Å². The van der Waals surface area contributed by atoms with E-state index in [0.29, 0.717) is 28.4 Å². The molecule has 0 amide bonds. The van der Waals surface area contributed by atoms with E-state index < -0.39 is 6.04 Å². The van der Waals surface area contributed by atoms with E-state index in [1.54, 1.807) is 30.1 Å². The minimum atomic E-state index is -0.566. The summed E-state index contributed by atoms with van der Waals surface area (Å²) in [5.74, 6) is 0.0775. The second kappa shape index (κ2) is 5.71. The molecule has 3 N–H and O–H groups in total. The van der Waals surface area contributed by atoms with E-state index in [0.717, 1.165) is 0 Å². The van der Waals surface area contributed by atoms with E-state index >= 15 is 0 Å². The first kappa shape index (κ1) is 15.9. The molecule has 0 radical (unpaired) electrons. The van der Waals surface area contributed by atoms with Gasteiger partial charge in [0, 0.05) is 18.2 Å². The van der Waals surface area contributed by atoms with Crippen LogP contribution in [0.5, 0.6) is 0 Å². The van der Waals surface area contributed by atoms with E-state index in [9.17, 15) is 9.59 Å². The maximum Gasteiger partial charge on any atom is 0.192 e. The van der Waals surface area contributed by atoms with Crippen molar-refractivity contribution in [2.24, 2.45) is 10.7 Å². The molecule has 0 fully saturated rings. The van der Waals surface area contributed by atoms with Crippen molar-refractivity contribution in [1.82, 2.24) is 4.90 Å². The lowest BCUT2D eigenvalue weighted by molar-refractivity contribution is 0.101. The summed E-state index contributed by atoms with van der Waals surface area (Å²) in [5, 5.41) is 8.29. The Morgan fingerprint density at radius 1 is 1.18 bits per heavy atom. The molecule has 6 heteroatoms. The molecule has 1 heterocycles. The number of nitrogens with two attached hydrogens (primary N) is 1. The standard InChI is InChI=1S/C16H20N4O2/c1-8-14(17)15(19-16(18)20(8)4)13-6-11(9(2)21)5-12(7-13)10(3)22/h5-8,15,17H,1-4H3,(H2,18,19). The fraction of sp³-hybridized carbons (Fsp3) is 0.375. The maximum absolute atomic E-state index is 11.7. The third kappa shape index (κ3) is 2.77. The molecule has 1 aromatic carbocycles. The lowest BCUT2D eigenvalue weighted by Gasteiger charge is -2.34. The maximum atomic E-state index is 11.7. The summed E-state index contributed by atoms with van der Waals surface area (Å²) in [6.45, 7) is 4.77. The number of guanidine groups is 1. The molecule has 0 spiro atoms. The molecule has 2 atom stereocenters. The van der Waals surface area contributed by atoms with Crippen molar-refractivity contribution in [1.29, 1.82) is 5.41 Å². The second-order valence-electron chi connectivity index (χ2n) is 5.59. The average Bonchev–Trinajstić information content (AvgIpc) is 2.48. The monoisotopic (exact) mass is 300 g/mol. The number of rotatable bonds is 3. The van der Waals surface area contributed by atoms with Crippen molar-refractivity contribution in [3.05, 3.63) is 34.9 Å². The van der Waals surface area contributed by atoms with Crippen molar-refractivity contribution < 1.29 is 9.59 Å². The normalized spacial score (nSPS) is 21.5. The van der Waals surface area contributed by atoms with Crippen LogP contribution in [0.3, 0.4) is 0 Å². The Labute approximate surface area is 129 Å². The van der Waals surface area contributed by atoms with Crippen LogP contribution < -0.4 is 5.73 Å². The third-order valence-corrected chi connectivity index (χ3v) is 4.03. The van der Waals surface area contributed by atoms with Crippen LogP contribution in [-0.4, -0.2) is 41.2 Å². The van der Waals surface area contributed by atoms with Crippen LogP contribution in [0.25, 0.3) is 0 Å². The highest BCUT2D eigenvalue weighted by atomic mass is 16.1. The van der Waals surface area contributed by atoms with Crippen molar-refractivity contribution in [3.8, 4) is 0 Å². The fourth-order valence-corrected chi connectivity index (χ4v) is 2.40. The Kier molecular flexibility index (Phi) is 4.12. The van der Waals surface area contributed by atoms with Crippen molar-refractivity contribution in [3.63, 3.8) is 0 Å². The molecule has 0 bridgehead atoms.